The van der Waals surface area contributed by atoms with Crippen LogP contribution < -0.4 is 4.74 Å². The molecule has 0 aliphatic heterocycles. The van der Waals surface area contributed by atoms with Crippen molar-refractivity contribution in [1.82, 2.24) is 4.98 Å². The summed E-state index contributed by atoms with van der Waals surface area (Å²) in [4.78, 5) is 2.86. The lowest BCUT2D eigenvalue weighted by molar-refractivity contribution is 0.465. The Labute approximate surface area is 118 Å². The van der Waals surface area contributed by atoms with Crippen molar-refractivity contribution in [1.29, 1.82) is 0 Å². The quantitative estimate of drug-likeness (QED) is 0.749. The summed E-state index contributed by atoms with van der Waals surface area (Å²) < 4.78 is 4.03. The minimum Gasteiger partial charge on any atom is -0.441 e. The largest absolute Gasteiger partial charge is 0.441 e. The lowest BCUT2D eigenvalue weighted by atomic mass is 10.3. The van der Waals surface area contributed by atoms with Gasteiger partial charge >= 0.3 is 0 Å². The van der Waals surface area contributed by atoms with Gasteiger partial charge in [-0.05, 0) is 24.3 Å². The Morgan fingerprint density at radius 3 is 2.41 bits per heavy atom. The third-order valence-electron chi connectivity index (χ3n) is 1.99. The van der Waals surface area contributed by atoms with E-state index in [0.717, 1.165) is 0 Å². The number of hydrogen-bond donors (Lipinski definition) is 1. The average Bonchev–Trinajstić information content (AvgIpc) is 2.65. The Morgan fingerprint density at radius 1 is 1.06 bits per heavy atom. The molecule has 1 N–H and O–H groups in total. The summed E-state index contributed by atoms with van der Waals surface area (Å²) in [6, 6.07) is 10.3. The minimum atomic E-state index is -1.49. The van der Waals surface area contributed by atoms with E-state index >= 15 is 0 Å². The second-order valence-corrected chi connectivity index (χ2v) is 6.01. The molecule has 6 heteroatoms. The number of H-pyrrole nitrogens is 1. The molecule has 0 fully saturated rings. The van der Waals surface area contributed by atoms with E-state index in [9.17, 15) is 0 Å². The van der Waals surface area contributed by atoms with Crippen LogP contribution in [0.2, 0.25) is 5.02 Å². The number of rotatable bonds is 2. The van der Waals surface area contributed by atoms with Crippen molar-refractivity contribution in [2.45, 2.75) is 3.79 Å². The molecule has 2 nitrogen and oxygen atoms in total. The van der Waals surface area contributed by atoms with Crippen LogP contribution in [-0.4, -0.2) is 4.98 Å². The number of alkyl halides is 3. The van der Waals surface area contributed by atoms with Crippen LogP contribution in [0.3, 0.4) is 0 Å². The number of aromatic amines is 1. The number of halogens is 4. The zero-order chi connectivity index (χ0) is 12.5. The Kier molecular flexibility index (Phi) is 3.79. The van der Waals surface area contributed by atoms with Gasteiger partial charge in [0.2, 0.25) is 3.79 Å². The SMILES string of the molecule is Clc1cccc(Oc2ccc(C(Cl)(Cl)Cl)[nH]2)c1. The van der Waals surface area contributed by atoms with Crippen molar-refractivity contribution in [2.24, 2.45) is 0 Å². The van der Waals surface area contributed by atoms with Crippen LogP contribution in [0.5, 0.6) is 11.6 Å². The second-order valence-electron chi connectivity index (χ2n) is 3.29. The van der Waals surface area contributed by atoms with Gasteiger partial charge in [0.1, 0.15) is 5.75 Å². The third kappa shape index (κ3) is 3.46. The van der Waals surface area contributed by atoms with Crippen LogP contribution in [0.15, 0.2) is 36.4 Å². The lowest BCUT2D eigenvalue weighted by Crippen LogP contribution is -1.99. The fraction of sp³-hybridized carbons (Fsp3) is 0.0909. The summed E-state index contributed by atoms with van der Waals surface area (Å²) in [7, 11) is 0. The predicted molar refractivity (Wildman–Crippen MR) is 71.6 cm³/mol. The molecule has 0 atom stereocenters. The highest BCUT2D eigenvalue weighted by molar-refractivity contribution is 6.66. The van der Waals surface area contributed by atoms with Gasteiger partial charge in [-0.25, -0.2) is 0 Å². The lowest BCUT2D eigenvalue weighted by Gasteiger charge is -2.08. The zero-order valence-corrected chi connectivity index (χ0v) is 11.4. The fourth-order valence-corrected chi connectivity index (χ4v) is 1.77. The monoisotopic (exact) mass is 309 g/mol. The van der Waals surface area contributed by atoms with Crippen LogP contribution >= 0.6 is 46.4 Å². The standard InChI is InChI=1S/C11H7Cl4NO/c12-7-2-1-3-8(6-7)17-10-5-4-9(16-10)11(13,14)15/h1-6,16H. The smallest absolute Gasteiger partial charge is 0.230 e. The molecule has 2 rings (SSSR count). The molecule has 2 aromatic rings. The molecule has 0 aliphatic rings. The van der Waals surface area contributed by atoms with E-state index < -0.39 is 3.79 Å². The normalized spacial score (nSPS) is 11.5. The van der Waals surface area contributed by atoms with Crippen molar-refractivity contribution in [3.8, 4) is 11.6 Å². The molecule has 0 saturated carbocycles. The molecule has 17 heavy (non-hydrogen) atoms. The highest BCUT2D eigenvalue weighted by Crippen LogP contribution is 2.38. The molecule has 0 bridgehead atoms. The average molecular weight is 311 g/mol. The second kappa shape index (κ2) is 4.99. The third-order valence-corrected chi connectivity index (χ3v) is 2.83. The number of aromatic nitrogens is 1. The van der Waals surface area contributed by atoms with Crippen molar-refractivity contribution >= 4 is 46.4 Å². The summed E-state index contributed by atoms with van der Waals surface area (Å²) in [5.41, 5.74) is 0.444. The number of ether oxygens (including phenoxy) is 1. The van der Waals surface area contributed by atoms with E-state index in [0.29, 0.717) is 22.3 Å². The molecule has 0 saturated heterocycles. The maximum absolute atomic E-state index is 5.84. The van der Waals surface area contributed by atoms with Gasteiger partial charge in [-0.15, -0.1) is 0 Å². The molecule has 90 valence electrons. The predicted octanol–water partition coefficient (Wildman–Crippen LogP) is 5.29. The van der Waals surface area contributed by atoms with Crippen LogP contribution in [0.4, 0.5) is 0 Å². The van der Waals surface area contributed by atoms with E-state index in [-0.39, 0.29) is 0 Å². The van der Waals surface area contributed by atoms with Crippen LogP contribution in [0.25, 0.3) is 0 Å². The van der Waals surface area contributed by atoms with Gasteiger partial charge in [-0.2, -0.15) is 0 Å². The highest BCUT2D eigenvalue weighted by atomic mass is 35.6. The fourth-order valence-electron chi connectivity index (χ4n) is 1.26. The number of benzene rings is 1. The summed E-state index contributed by atoms with van der Waals surface area (Å²) in [6.45, 7) is 0. The Bertz CT molecular complexity index is 518. The molecular weight excluding hydrogens is 304 g/mol. The summed E-state index contributed by atoms with van der Waals surface area (Å²) in [5, 5.41) is 0.593. The van der Waals surface area contributed by atoms with Crippen LogP contribution in [0, 0.1) is 0 Å². The molecule has 0 aliphatic carbocycles. The Hall–Kier alpha value is -0.540. The first-order valence-corrected chi connectivity index (χ1v) is 6.16. The summed E-state index contributed by atoms with van der Waals surface area (Å²) in [5.74, 6) is 1.09. The summed E-state index contributed by atoms with van der Waals surface area (Å²) >= 11 is 23.0. The maximum Gasteiger partial charge on any atom is 0.230 e. The molecular formula is C11H7Cl4NO. The van der Waals surface area contributed by atoms with Gasteiger partial charge in [0, 0.05) is 11.1 Å². The summed E-state index contributed by atoms with van der Waals surface area (Å²) in [6.07, 6.45) is 0. The maximum atomic E-state index is 5.84. The van der Waals surface area contributed by atoms with Gasteiger partial charge in [0.05, 0.1) is 5.69 Å². The van der Waals surface area contributed by atoms with Crippen molar-refractivity contribution in [3.05, 3.63) is 47.1 Å². The molecule has 0 radical (unpaired) electrons. The molecule has 1 aromatic heterocycles. The van der Waals surface area contributed by atoms with Gasteiger partial charge in [-0.3, -0.25) is 0 Å². The Morgan fingerprint density at radius 2 is 1.82 bits per heavy atom. The number of nitrogens with one attached hydrogen (secondary N) is 1. The van der Waals surface area contributed by atoms with Crippen LogP contribution in [0.1, 0.15) is 5.69 Å². The molecule has 1 heterocycles. The number of hydrogen-bond acceptors (Lipinski definition) is 1. The Balaban J connectivity index is 2.17. The van der Waals surface area contributed by atoms with E-state index in [1.807, 2.05) is 0 Å². The van der Waals surface area contributed by atoms with Gasteiger partial charge in [0.15, 0.2) is 5.88 Å². The van der Waals surface area contributed by atoms with E-state index in [1.54, 1.807) is 36.4 Å². The first-order valence-electron chi connectivity index (χ1n) is 4.65. The topological polar surface area (TPSA) is 25.0 Å². The van der Waals surface area contributed by atoms with Crippen molar-refractivity contribution in [3.63, 3.8) is 0 Å². The van der Waals surface area contributed by atoms with Gasteiger partial charge in [-0.1, -0.05) is 52.5 Å². The zero-order valence-electron chi connectivity index (χ0n) is 8.38. The van der Waals surface area contributed by atoms with E-state index in [1.165, 1.54) is 0 Å². The van der Waals surface area contributed by atoms with Crippen molar-refractivity contribution in [2.75, 3.05) is 0 Å². The van der Waals surface area contributed by atoms with Gasteiger partial charge in [0.25, 0.3) is 0 Å². The molecule has 0 amide bonds. The highest BCUT2D eigenvalue weighted by Gasteiger charge is 2.24. The first-order chi connectivity index (χ1) is 7.95. The van der Waals surface area contributed by atoms with Gasteiger partial charge < -0.3 is 9.72 Å². The minimum absolute atomic E-state index is 0.444. The van der Waals surface area contributed by atoms with E-state index in [2.05, 4.69) is 4.98 Å². The van der Waals surface area contributed by atoms with Crippen LogP contribution in [-0.2, 0) is 3.79 Å². The van der Waals surface area contributed by atoms with Crippen molar-refractivity contribution < 1.29 is 4.74 Å². The molecule has 0 spiro atoms. The first kappa shape index (κ1) is 12.9. The molecule has 0 unspecified atom stereocenters. The molecule has 1 aromatic carbocycles. The van der Waals surface area contributed by atoms with E-state index in [4.69, 9.17) is 51.1 Å².